The van der Waals surface area contributed by atoms with Crippen molar-refractivity contribution in [3.63, 3.8) is 0 Å². The molecule has 0 unspecified atom stereocenters. The van der Waals surface area contributed by atoms with Crippen LogP contribution in [-0.4, -0.2) is 89.2 Å². The van der Waals surface area contributed by atoms with Gasteiger partial charge in [-0.15, -0.1) is 0 Å². The Bertz CT molecular complexity index is 2120. The summed E-state index contributed by atoms with van der Waals surface area (Å²) in [5.74, 6) is 0.830. The number of piperazine rings is 1. The van der Waals surface area contributed by atoms with Crippen molar-refractivity contribution in [2.45, 2.75) is 39.3 Å². The van der Waals surface area contributed by atoms with Gasteiger partial charge in [0.15, 0.2) is 0 Å². The molecule has 0 saturated carbocycles. The highest BCUT2D eigenvalue weighted by molar-refractivity contribution is 5.73. The number of hydrogen-bond acceptors (Lipinski definition) is 10. The van der Waals surface area contributed by atoms with Gasteiger partial charge in [-0.3, -0.25) is 19.1 Å². The summed E-state index contributed by atoms with van der Waals surface area (Å²) in [5.41, 5.74) is 5.63. The number of nitrogens with zero attached hydrogens (tertiary/aromatic N) is 7. The molecule has 1 aliphatic heterocycles. The smallest absolute Gasteiger partial charge is 0.280 e. The van der Waals surface area contributed by atoms with Crippen LogP contribution >= 0.6 is 0 Å². The van der Waals surface area contributed by atoms with Crippen molar-refractivity contribution in [3.05, 3.63) is 98.8 Å². The van der Waals surface area contributed by atoms with Crippen molar-refractivity contribution in [1.82, 2.24) is 28.4 Å². The van der Waals surface area contributed by atoms with Crippen molar-refractivity contribution in [2.75, 3.05) is 49.6 Å². The van der Waals surface area contributed by atoms with Crippen LogP contribution in [0.2, 0.25) is 0 Å². The molecule has 1 aliphatic carbocycles. The molecule has 7 rings (SSSR count). The fraction of sp³-hybridized carbons (Fsp3) is 0.389. The number of rotatable bonds is 9. The van der Waals surface area contributed by atoms with Crippen LogP contribution < -0.4 is 21.3 Å². The zero-order valence-electron chi connectivity index (χ0n) is 28.0. The molecule has 0 aromatic carbocycles. The maximum absolute atomic E-state index is 13.8. The van der Waals surface area contributed by atoms with Gasteiger partial charge >= 0.3 is 0 Å². The van der Waals surface area contributed by atoms with Crippen LogP contribution in [0.5, 0.6) is 0 Å². The van der Waals surface area contributed by atoms with Crippen LogP contribution in [-0.2, 0) is 26.5 Å². The summed E-state index contributed by atoms with van der Waals surface area (Å²) in [4.78, 5) is 40.4. The first-order chi connectivity index (χ1) is 23.6. The number of hydrogen-bond donors (Lipinski definition) is 4. The average molecular weight is 667 g/mol. The minimum Gasteiger partial charge on any atom is -0.395 e. The molecule has 4 N–H and O–H groups in total. The van der Waals surface area contributed by atoms with E-state index in [1.165, 1.54) is 14.7 Å². The fourth-order valence-corrected chi connectivity index (χ4v) is 7.31. The van der Waals surface area contributed by atoms with Gasteiger partial charge in [-0.1, -0.05) is 13.8 Å². The molecule has 0 atom stereocenters. The first-order valence-corrected chi connectivity index (χ1v) is 16.6. The summed E-state index contributed by atoms with van der Waals surface area (Å²) in [6, 6.07) is 8.99. The lowest BCUT2D eigenvalue weighted by atomic mass is 9.90. The molecule has 5 aromatic rings. The average Bonchev–Trinajstić information content (AvgIpc) is 3.60. The highest BCUT2D eigenvalue weighted by Gasteiger charge is 2.32. The maximum atomic E-state index is 13.8. The quantitative estimate of drug-likeness (QED) is 0.184. The van der Waals surface area contributed by atoms with Crippen LogP contribution in [0.4, 0.5) is 17.2 Å². The van der Waals surface area contributed by atoms with Crippen molar-refractivity contribution >= 4 is 22.7 Å². The van der Waals surface area contributed by atoms with Crippen molar-refractivity contribution in [1.29, 1.82) is 0 Å². The van der Waals surface area contributed by atoms with Crippen LogP contribution in [0, 0.1) is 5.41 Å². The van der Waals surface area contributed by atoms with Gasteiger partial charge in [0, 0.05) is 74.8 Å². The lowest BCUT2D eigenvalue weighted by Crippen LogP contribution is -2.52. The second-order valence-corrected chi connectivity index (χ2v) is 13.8. The Balaban J connectivity index is 1.16. The highest BCUT2D eigenvalue weighted by atomic mass is 16.3. The molecule has 256 valence electrons. The van der Waals surface area contributed by atoms with Gasteiger partial charge < -0.3 is 34.5 Å². The molecule has 49 heavy (non-hydrogen) atoms. The predicted molar refractivity (Wildman–Crippen MR) is 188 cm³/mol. The summed E-state index contributed by atoms with van der Waals surface area (Å²) >= 11 is 0. The molecule has 0 bridgehead atoms. The third kappa shape index (κ3) is 6.03. The van der Waals surface area contributed by atoms with Gasteiger partial charge in [0.25, 0.3) is 11.1 Å². The molecule has 1 saturated heterocycles. The Labute approximate surface area is 283 Å². The van der Waals surface area contributed by atoms with Crippen LogP contribution in [0.1, 0.15) is 30.7 Å². The molecule has 0 spiro atoms. The minimum atomic E-state index is -0.370. The first-order valence-electron chi connectivity index (χ1n) is 16.6. The Kier molecular flexibility index (Phi) is 8.61. The SMILES string of the molecule is Cn1cc(-c2ccnc(-n3ccn4c5c(cc4c3=O)CC(C)(C)C5)c2CO)cc(Nc2ccc(N3CCN(C(CO)CO)CC3)cn2)c1=O. The number of aliphatic hydroxyl groups is 3. The Morgan fingerprint density at radius 2 is 1.71 bits per heavy atom. The summed E-state index contributed by atoms with van der Waals surface area (Å²) in [6.45, 7) is 6.86. The molecular weight excluding hydrogens is 624 g/mol. The maximum Gasteiger partial charge on any atom is 0.280 e. The van der Waals surface area contributed by atoms with E-state index >= 15 is 0 Å². The number of anilines is 3. The molecule has 1 fully saturated rings. The van der Waals surface area contributed by atoms with E-state index < -0.39 is 0 Å². The molecule has 2 aliphatic rings. The zero-order valence-corrected chi connectivity index (χ0v) is 28.0. The van der Waals surface area contributed by atoms with E-state index in [0.717, 1.165) is 50.4 Å². The molecule has 13 heteroatoms. The predicted octanol–water partition coefficient (Wildman–Crippen LogP) is 2.08. The number of nitrogens with one attached hydrogen (secondary N) is 1. The van der Waals surface area contributed by atoms with E-state index in [9.17, 15) is 24.9 Å². The standard InChI is InChI=1S/C36H42N8O5/c1-36(2)16-23-15-30-35(49)44(13-12-43(30)31(23)17-36)33-28(22-47)27(6-7-37-33)24-14-29(34(48)40(3)19-24)39-32-5-4-25(18-38-32)41-8-10-42(11-9-41)26(20-45)21-46/h4-7,12-15,18-19,26,45-47H,8-11,16-17,20-22H2,1-3H3,(H,38,39). The van der Waals surface area contributed by atoms with Gasteiger partial charge in [-0.25, -0.2) is 9.97 Å². The van der Waals surface area contributed by atoms with Gasteiger partial charge in [0.05, 0.1) is 37.7 Å². The van der Waals surface area contributed by atoms with E-state index in [1.807, 2.05) is 28.8 Å². The minimum absolute atomic E-state index is 0.0758. The van der Waals surface area contributed by atoms with Crippen LogP contribution in [0.15, 0.2) is 70.9 Å². The van der Waals surface area contributed by atoms with Crippen molar-refractivity contribution in [2.24, 2.45) is 12.5 Å². The van der Waals surface area contributed by atoms with Crippen molar-refractivity contribution in [3.8, 4) is 16.9 Å². The molecule has 0 amide bonds. The molecule has 0 radical (unpaired) electrons. The Morgan fingerprint density at radius 1 is 0.939 bits per heavy atom. The number of aryl methyl sites for hydroxylation is 1. The first kappa shape index (κ1) is 32.7. The topological polar surface area (TPSA) is 153 Å². The van der Waals surface area contributed by atoms with Crippen LogP contribution in [0.3, 0.4) is 0 Å². The van der Waals surface area contributed by atoms with Crippen molar-refractivity contribution < 1.29 is 15.3 Å². The van der Waals surface area contributed by atoms with Gasteiger partial charge in [-0.2, -0.15) is 0 Å². The number of fused-ring (bicyclic) bond motifs is 3. The third-order valence-electron chi connectivity index (χ3n) is 9.89. The Morgan fingerprint density at radius 3 is 2.41 bits per heavy atom. The number of aromatic nitrogens is 5. The second-order valence-electron chi connectivity index (χ2n) is 13.8. The third-order valence-corrected chi connectivity index (χ3v) is 9.89. The van der Waals surface area contributed by atoms with E-state index in [2.05, 4.69) is 38.9 Å². The van der Waals surface area contributed by atoms with Crippen LogP contribution in [0.25, 0.3) is 22.5 Å². The van der Waals surface area contributed by atoms with E-state index in [0.29, 0.717) is 39.5 Å². The largest absolute Gasteiger partial charge is 0.395 e. The molecule has 5 aromatic heterocycles. The lowest BCUT2D eigenvalue weighted by molar-refractivity contribution is 0.0700. The second kappa shape index (κ2) is 12.9. The number of aliphatic hydroxyl groups excluding tert-OH is 3. The monoisotopic (exact) mass is 666 g/mol. The Hall–Kier alpha value is -4.82. The zero-order chi connectivity index (χ0) is 34.4. The van der Waals surface area contributed by atoms with E-state index in [4.69, 9.17) is 0 Å². The molecule has 6 heterocycles. The summed E-state index contributed by atoms with van der Waals surface area (Å²) in [6.07, 6.45) is 10.5. The van der Waals surface area contributed by atoms with E-state index in [1.54, 1.807) is 44.0 Å². The van der Waals surface area contributed by atoms with Gasteiger partial charge in [0.2, 0.25) is 0 Å². The highest BCUT2D eigenvalue weighted by Crippen LogP contribution is 2.37. The molecule has 13 nitrogen and oxygen atoms in total. The van der Waals surface area contributed by atoms with Gasteiger partial charge in [-0.05, 0) is 59.7 Å². The molecular formula is C36H42N8O5. The summed E-state index contributed by atoms with van der Waals surface area (Å²) < 4.78 is 4.93. The lowest BCUT2D eigenvalue weighted by Gasteiger charge is -2.39. The fourth-order valence-electron chi connectivity index (χ4n) is 7.31. The number of pyridine rings is 3. The summed E-state index contributed by atoms with van der Waals surface area (Å²) in [5, 5.41) is 32.8. The van der Waals surface area contributed by atoms with Gasteiger partial charge in [0.1, 0.15) is 22.8 Å². The van der Waals surface area contributed by atoms with E-state index in [-0.39, 0.29) is 42.4 Å². The summed E-state index contributed by atoms with van der Waals surface area (Å²) in [7, 11) is 1.66. The normalized spacial score (nSPS) is 16.1.